The van der Waals surface area contributed by atoms with Crippen molar-refractivity contribution < 1.29 is 29.0 Å². The van der Waals surface area contributed by atoms with E-state index in [0.29, 0.717) is 31.4 Å². The lowest BCUT2D eigenvalue weighted by Gasteiger charge is -2.37. The van der Waals surface area contributed by atoms with E-state index in [1.54, 1.807) is 28.6 Å². The van der Waals surface area contributed by atoms with Crippen molar-refractivity contribution in [2.45, 2.75) is 76.6 Å². The number of hydrogen-bond donors (Lipinski definition) is 2. The van der Waals surface area contributed by atoms with Gasteiger partial charge in [0, 0.05) is 30.7 Å². The number of aromatic carboxylic acids is 1. The topological polar surface area (TPSA) is 110 Å². The molecule has 2 aliphatic carbocycles. The van der Waals surface area contributed by atoms with Gasteiger partial charge in [0.2, 0.25) is 0 Å². The first-order chi connectivity index (χ1) is 20.0. The number of alkyl carbamates (subject to hydrolysis) is 1. The predicted molar refractivity (Wildman–Crippen MR) is 158 cm³/mol. The molecule has 222 valence electrons. The molecule has 0 spiro atoms. The van der Waals surface area contributed by atoms with Crippen LogP contribution in [0.3, 0.4) is 0 Å². The summed E-state index contributed by atoms with van der Waals surface area (Å²) in [5, 5.41) is 12.5. The summed E-state index contributed by atoms with van der Waals surface area (Å²) in [6, 6.07) is 19.5. The fourth-order valence-corrected chi connectivity index (χ4v) is 6.13. The van der Waals surface area contributed by atoms with E-state index >= 15 is 0 Å². The Hall–Kier alpha value is -4.27. The van der Waals surface area contributed by atoms with Crippen molar-refractivity contribution in [3.8, 4) is 11.1 Å². The fraction of sp³-hybridized carbons (Fsp3) is 0.424. The van der Waals surface area contributed by atoms with Gasteiger partial charge in [0.1, 0.15) is 17.9 Å². The molecule has 2 N–H and O–H groups in total. The number of carboxylic acid groups (broad SMARTS) is 1. The van der Waals surface area contributed by atoms with Gasteiger partial charge in [-0.1, -0.05) is 48.5 Å². The number of benzene rings is 2. The van der Waals surface area contributed by atoms with Gasteiger partial charge in [-0.25, -0.2) is 14.4 Å². The first-order valence-corrected chi connectivity index (χ1v) is 14.5. The summed E-state index contributed by atoms with van der Waals surface area (Å²) in [6.07, 6.45) is 1.83. The molecule has 2 aliphatic rings. The first-order valence-electron chi connectivity index (χ1n) is 14.5. The van der Waals surface area contributed by atoms with Gasteiger partial charge in [-0.05, 0) is 80.8 Å². The van der Waals surface area contributed by atoms with Crippen LogP contribution in [0.4, 0.5) is 9.59 Å². The Morgan fingerprint density at radius 1 is 0.929 bits per heavy atom. The summed E-state index contributed by atoms with van der Waals surface area (Å²) >= 11 is 0. The highest BCUT2D eigenvalue weighted by Crippen LogP contribution is 2.44. The molecule has 0 bridgehead atoms. The average Bonchev–Trinajstić information content (AvgIpc) is 3.47. The lowest BCUT2D eigenvalue weighted by atomic mass is 9.90. The third-order valence-electron chi connectivity index (χ3n) is 8.21. The maximum Gasteiger partial charge on any atom is 0.410 e. The lowest BCUT2D eigenvalue weighted by molar-refractivity contribution is 0.0452. The summed E-state index contributed by atoms with van der Waals surface area (Å²) in [6.45, 7) is 5.90. The SMILES string of the molecule is Cn1c(CN(C(=O)OCC2c3ccccc3-c3ccccc32)C2CCC(NC(=O)OC(C)(C)C)CC2)ccc1C(=O)O. The number of rotatable bonds is 7. The number of carboxylic acids is 1. The van der Waals surface area contributed by atoms with Gasteiger partial charge in [-0.3, -0.25) is 4.90 Å². The second-order valence-corrected chi connectivity index (χ2v) is 12.2. The highest BCUT2D eigenvalue weighted by molar-refractivity contribution is 5.86. The second kappa shape index (κ2) is 11.9. The molecule has 0 aliphatic heterocycles. The van der Waals surface area contributed by atoms with Crippen LogP contribution < -0.4 is 5.32 Å². The van der Waals surface area contributed by atoms with Crippen molar-refractivity contribution in [1.29, 1.82) is 0 Å². The highest BCUT2D eigenvalue weighted by atomic mass is 16.6. The van der Waals surface area contributed by atoms with Gasteiger partial charge >= 0.3 is 18.2 Å². The summed E-state index contributed by atoms with van der Waals surface area (Å²) in [5.74, 6) is -1.09. The minimum absolute atomic E-state index is 0.0471. The molecule has 5 rings (SSSR count). The lowest BCUT2D eigenvalue weighted by Crippen LogP contribution is -2.47. The standard InChI is InChI=1S/C33H39N3O6/c1-33(2,3)42-31(39)34-21-13-15-22(16-14-21)36(19-23-17-18-29(30(37)38)35(23)4)32(40)41-20-28-26-11-7-5-9-24(26)25-10-6-8-12-27(25)28/h5-12,17-18,21-22,28H,13-16,19-20H2,1-4H3,(H,34,39)(H,37,38). The monoisotopic (exact) mass is 573 g/mol. The maximum atomic E-state index is 13.8. The van der Waals surface area contributed by atoms with Crippen LogP contribution in [-0.4, -0.2) is 57.0 Å². The van der Waals surface area contributed by atoms with Crippen molar-refractivity contribution >= 4 is 18.2 Å². The highest BCUT2D eigenvalue weighted by Gasteiger charge is 2.34. The number of aromatic nitrogens is 1. The van der Waals surface area contributed by atoms with Crippen LogP contribution in [0.2, 0.25) is 0 Å². The van der Waals surface area contributed by atoms with Gasteiger partial charge < -0.3 is 24.5 Å². The zero-order valence-corrected chi connectivity index (χ0v) is 24.6. The minimum atomic E-state index is -1.02. The van der Waals surface area contributed by atoms with Crippen molar-refractivity contribution in [2.24, 2.45) is 7.05 Å². The Morgan fingerprint density at radius 3 is 2.07 bits per heavy atom. The predicted octanol–water partition coefficient (Wildman–Crippen LogP) is 6.31. The first kappa shape index (κ1) is 29.2. The Kier molecular flexibility index (Phi) is 8.29. The minimum Gasteiger partial charge on any atom is -0.477 e. The molecular weight excluding hydrogens is 534 g/mol. The molecule has 0 unspecified atom stereocenters. The van der Waals surface area contributed by atoms with Gasteiger partial charge in [0.15, 0.2) is 0 Å². The van der Waals surface area contributed by atoms with E-state index in [2.05, 4.69) is 29.6 Å². The van der Waals surface area contributed by atoms with Gasteiger partial charge in [-0.2, -0.15) is 0 Å². The number of hydrogen-bond acceptors (Lipinski definition) is 5. The third kappa shape index (κ3) is 6.30. The summed E-state index contributed by atoms with van der Waals surface area (Å²) in [4.78, 5) is 39.5. The number of amides is 2. The maximum absolute atomic E-state index is 13.8. The summed E-state index contributed by atoms with van der Waals surface area (Å²) < 4.78 is 13.1. The van der Waals surface area contributed by atoms with Crippen molar-refractivity contribution in [2.75, 3.05) is 6.61 Å². The largest absolute Gasteiger partial charge is 0.477 e. The molecule has 2 amide bonds. The van der Waals surface area contributed by atoms with E-state index in [4.69, 9.17) is 9.47 Å². The van der Waals surface area contributed by atoms with Crippen LogP contribution in [0.1, 0.15) is 79.7 Å². The van der Waals surface area contributed by atoms with E-state index in [1.165, 1.54) is 0 Å². The average molecular weight is 574 g/mol. The second-order valence-electron chi connectivity index (χ2n) is 12.2. The zero-order chi connectivity index (χ0) is 30.0. The van der Waals surface area contributed by atoms with E-state index < -0.39 is 23.8 Å². The smallest absolute Gasteiger partial charge is 0.410 e. The fourth-order valence-electron chi connectivity index (χ4n) is 6.13. The molecule has 9 heteroatoms. The molecule has 1 aromatic heterocycles. The van der Waals surface area contributed by atoms with Crippen LogP contribution in [0, 0.1) is 0 Å². The molecular formula is C33H39N3O6. The van der Waals surface area contributed by atoms with Crippen molar-refractivity contribution in [1.82, 2.24) is 14.8 Å². The number of nitrogens with one attached hydrogen (secondary N) is 1. The molecule has 1 heterocycles. The number of carbonyl (C=O) groups is 3. The van der Waals surface area contributed by atoms with Crippen LogP contribution in [-0.2, 0) is 23.1 Å². The molecule has 0 atom stereocenters. The number of carbonyl (C=O) groups excluding carboxylic acids is 2. The Bertz CT molecular complexity index is 1420. The van der Waals surface area contributed by atoms with Crippen LogP contribution in [0.5, 0.6) is 0 Å². The molecule has 2 aromatic carbocycles. The quantitative estimate of drug-likeness (QED) is 0.343. The Morgan fingerprint density at radius 2 is 1.52 bits per heavy atom. The van der Waals surface area contributed by atoms with Gasteiger partial charge in [0.05, 0.1) is 6.54 Å². The van der Waals surface area contributed by atoms with Crippen molar-refractivity contribution in [3.63, 3.8) is 0 Å². The van der Waals surface area contributed by atoms with Crippen LogP contribution >= 0.6 is 0 Å². The van der Waals surface area contributed by atoms with Crippen LogP contribution in [0.25, 0.3) is 11.1 Å². The van der Waals surface area contributed by atoms with E-state index in [0.717, 1.165) is 22.3 Å². The third-order valence-corrected chi connectivity index (χ3v) is 8.21. The number of fused-ring (bicyclic) bond motifs is 3. The summed E-state index contributed by atoms with van der Waals surface area (Å²) in [5.41, 5.74) is 4.88. The van der Waals surface area contributed by atoms with Crippen molar-refractivity contribution in [3.05, 3.63) is 83.2 Å². The molecule has 1 fully saturated rings. The van der Waals surface area contributed by atoms with E-state index in [-0.39, 0.29) is 36.8 Å². The summed E-state index contributed by atoms with van der Waals surface area (Å²) in [7, 11) is 1.69. The molecule has 9 nitrogen and oxygen atoms in total. The normalized spacial score (nSPS) is 18.1. The zero-order valence-electron chi connectivity index (χ0n) is 24.6. The van der Waals surface area contributed by atoms with E-state index in [9.17, 15) is 19.5 Å². The van der Waals surface area contributed by atoms with Crippen LogP contribution in [0.15, 0.2) is 60.7 Å². The number of nitrogens with zero attached hydrogens (tertiary/aromatic N) is 2. The van der Waals surface area contributed by atoms with Gasteiger partial charge in [0.25, 0.3) is 0 Å². The Balaban J connectivity index is 1.31. The molecule has 0 radical (unpaired) electrons. The number of ether oxygens (including phenoxy) is 2. The van der Waals surface area contributed by atoms with Gasteiger partial charge in [-0.15, -0.1) is 0 Å². The molecule has 0 saturated heterocycles. The molecule has 1 saturated carbocycles. The molecule has 42 heavy (non-hydrogen) atoms. The molecule has 3 aromatic rings. The van der Waals surface area contributed by atoms with E-state index in [1.807, 2.05) is 45.0 Å². The Labute approximate surface area is 246 Å².